The second kappa shape index (κ2) is 12.2. The Morgan fingerprint density at radius 3 is 2.69 bits per heavy atom. The van der Waals surface area contributed by atoms with Crippen LogP contribution in [0.5, 0.6) is 0 Å². The average Bonchev–Trinajstić information content (AvgIpc) is 3.58. The third-order valence-electron chi connectivity index (χ3n) is 6.03. The lowest BCUT2D eigenvalue weighted by molar-refractivity contribution is -0.0912. The van der Waals surface area contributed by atoms with Gasteiger partial charge in [-0.15, -0.1) is 11.8 Å². The fourth-order valence-electron chi connectivity index (χ4n) is 4.14. The molecule has 35 heavy (non-hydrogen) atoms. The molecule has 1 unspecified atom stereocenters. The predicted octanol–water partition coefficient (Wildman–Crippen LogP) is 7.66. The summed E-state index contributed by atoms with van der Waals surface area (Å²) in [5, 5.41) is 8.06. The molecule has 0 spiro atoms. The van der Waals surface area contributed by atoms with Gasteiger partial charge in [-0.2, -0.15) is 8.78 Å². The molecule has 3 aliphatic carbocycles. The summed E-state index contributed by atoms with van der Waals surface area (Å²) in [6, 6.07) is 3.68. The van der Waals surface area contributed by atoms with Crippen LogP contribution in [0.25, 0.3) is 16.6 Å². The Hall–Kier alpha value is -2.09. The summed E-state index contributed by atoms with van der Waals surface area (Å²) in [4.78, 5) is 9.52. The van der Waals surface area contributed by atoms with Crippen molar-refractivity contribution >= 4 is 40.0 Å². The molecule has 1 heterocycles. The molecule has 0 radical (unpaired) electrons. The minimum Gasteiger partial charge on any atom is -0.435 e. The molecule has 0 saturated heterocycles. The molecule has 1 atom stereocenters. The van der Waals surface area contributed by atoms with Crippen LogP contribution < -0.4 is 0 Å². The van der Waals surface area contributed by atoms with Gasteiger partial charge in [0.15, 0.2) is 0 Å². The lowest BCUT2D eigenvalue weighted by atomic mass is 9.97. The van der Waals surface area contributed by atoms with E-state index in [-0.39, 0.29) is 12.4 Å². The third kappa shape index (κ3) is 7.21. The van der Waals surface area contributed by atoms with Crippen molar-refractivity contribution < 1.29 is 18.6 Å². The van der Waals surface area contributed by atoms with Crippen molar-refractivity contribution in [2.75, 3.05) is 12.4 Å². The fraction of sp³-hybridized carbons (Fsp3) is 0.444. The van der Waals surface area contributed by atoms with E-state index in [2.05, 4.69) is 23.2 Å². The van der Waals surface area contributed by atoms with Crippen LogP contribution in [0.15, 0.2) is 53.2 Å². The van der Waals surface area contributed by atoms with Crippen molar-refractivity contribution in [1.82, 2.24) is 9.97 Å². The van der Waals surface area contributed by atoms with Gasteiger partial charge in [-0.25, -0.2) is 4.98 Å². The van der Waals surface area contributed by atoms with Crippen molar-refractivity contribution in [3.63, 3.8) is 0 Å². The normalized spacial score (nSPS) is 19.7. The molecule has 0 amide bonds. The van der Waals surface area contributed by atoms with Crippen LogP contribution >= 0.6 is 23.4 Å². The number of allylic oxidation sites excluding steroid dienone is 6. The fourth-order valence-corrected chi connectivity index (χ4v) is 5.56. The summed E-state index contributed by atoms with van der Waals surface area (Å²) < 4.78 is 30.4. The van der Waals surface area contributed by atoms with E-state index in [9.17, 15) is 8.78 Å². The van der Waals surface area contributed by atoms with Gasteiger partial charge in [0.05, 0.1) is 16.1 Å². The number of hydrogen-bond acceptors (Lipinski definition) is 4. The van der Waals surface area contributed by atoms with Crippen molar-refractivity contribution in [2.24, 2.45) is 11.8 Å². The topological polar surface area (TPSA) is 58.1 Å². The van der Waals surface area contributed by atoms with E-state index in [0.29, 0.717) is 28.5 Å². The van der Waals surface area contributed by atoms with Gasteiger partial charge in [-0.05, 0) is 69.1 Å². The first kappa shape index (κ1) is 26.0. The SMILES string of the molecule is CCO.FC(F)OC1=CCCC=C1c1cc2nc(CC3C=CC(SCC4CC4)=CC3)[nH]c2cc1Cl. The van der Waals surface area contributed by atoms with Crippen molar-refractivity contribution in [1.29, 1.82) is 0 Å². The minimum absolute atomic E-state index is 0.178. The molecule has 2 aromatic rings. The average molecular weight is 521 g/mol. The van der Waals surface area contributed by atoms with Gasteiger partial charge < -0.3 is 14.8 Å². The van der Waals surface area contributed by atoms with E-state index in [1.165, 1.54) is 23.5 Å². The van der Waals surface area contributed by atoms with E-state index in [0.717, 1.165) is 42.0 Å². The highest BCUT2D eigenvalue weighted by atomic mass is 35.5. The molecule has 3 aliphatic rings. The quantitative estimate of drug-likeness (QED) is 0.375. The number of thioether (sulfide) groups is 1. The van der Waals surface area contributed by atoms with E-state index < -0.39 is 6.61 Å². The maximum Gasteiger partial charge on any atom is 0.387 e. The Bertz CT molecular complexity index is 1150. The van der Waals surface area contributed by atoms with E-state index in [1.807, 2.05) is 30.0 Å². The Morgan fingerprint density at radius 1 is 1.23 bits per heavy atom. The maximum atomic E-state index is 12.8. The van der Waals surface area contributed by atoms with Crippen LogP contribution in [0.3, 0.4) is 0 Å². The maximum absolute atomic E-state index is 12.8. The summed E-state index contributed by atoms with van der Waals surface area (Å²) in [6.45, 7) is -0.938. The summed E-state index contributed by atoms with van der Waals surface area (Å²) in [7, 11) is 0. The lowest BCUT2D eigenvalue weighted by Crippen LogP contribution is -2.05. The number of benzene rings is 1. The molecular weight excluding hydrogens is 490 g/mol. The second-order valence-electron chi connectivity index (χ2n) is 8.91. The van der Waals surface area contributed by atoms with Crippen LogP contribution in [0.2, 0.25) is 5.02 Å². The van der Waals surface area contributed by atoms with Gasteiger partial charge in [0, 0.05) is 34.8 Å². The van der Waals surface area contributed by atoms with E-state index >= 15 is 0 Å². The largest absolute Gasteiger partial charge is 0.435 e. The predicted molar refractivity (Wildman–Crippen MR) is 140 cm³/mol. The number of nitrogens with zero attached hydrogens (tertiary/aromatic N) is 1. The molecule has 1 aromatic heterocycles. The Labute approximate surface area is 214 Å². The Morgan fingerprint density at radius 2 is 2.00 bits per heavy atom. The first-order chi connectivity index (χ1) is 17.0. The van der Waals surface area contributed by atoms with Gasteiger partial charge in [-0.1, -0.05) is 35.9 Å². The number of aromatic amines is 1. The molecule has 8 heteroatoms. The zero-order valence-electron chi connectivity index (χ0n) is 19.8. The molecule has 0 bridgehead atoms. The van der Waals surface area contributed by atoms with Crippen molar-refractivity contribution in [2.45, 2.75) is 52.1 Å². The van der Waals surface area contributed by atoms with Crippen molar-refractivity contribution in [3.8, 4) is 0 Å². The Balaban J connectivity index is 0.000000917. The number of H-pyrrole nitrogens is 1. The molecular formula is C27H31ClF2N2O2S. The standard InChI is InChI=1S/C25H25ClF2N2OS.C2H6O/c26-20-13-22-21(12-19(20)18-3-1-2-4-23(18)31-25(27)28)29-24(30-22)11-15-7-9-17(10-8-15)32-14-16-5-6-16;1-2-3/h3-4,7,9-10,12-13,15-16,25H,1-2,5-6,8,11,14H2,(H,29,30);3H,2H2,1H3. The molecule has 1 saturated carbocycles. The summed E-state index contributed by atoms with van der Waals surface area (Å²) in [5.74, 6) is 3.66. The number of imidazole rings is 1. The highest BCUT2D eigenvalue weighted by Gasteiger charge is 2.22. The molecule has 1 aromatic carbocycles. The Kier molecular flexibility index (Phi) is 9.09. The van der Waals surface area contributed by atoms with Crippen LogP contribution in [0.1, 0.15) is 50.4 Å². The van der Waals surface area contributed by atoms with Gasteiger partial charge in [-0.3, -0.25) is 0 Å². The monoisotopic (exact) mass is 520 g/mol. The molecule has 5 rings (SSSR count). The van der Waals surface area contributed by atoms with Gasteiger partial charge in [0.2, 0.25) is 0 Å². The highest BCUT2D eigenvalue weighted by Crippen LogP contribution is 2.38. The number of halogens is 3. The molecule has 4 nitrogen and oxygen atoms in total. The number of ether oxygens (including phenoxy) is 1. The second-order valence-corrected chi connectivity index (χ2v) is 10.4. The minimum atomic E-state index is -2.87. The van der Waals surface area contributed by atoms with Crippen LogP contribution in [-0.2, 0) is 11.2 Å². The first-order valence-electron chi connectivity index (χ1n) is 12.1. The van der Waals surface area contributed by atoms with E-state index in [1.54, 1.807) is 13.0 Å². The summed E-state index contributed by atoms with van der Waals surface area (Å²) in [6.07, 6.45) is 16.5. The number of aliphatic hydroxyl groups excluding tert-OH is 1. The van der Waals surface area contributed by atoms with Gasteiger partial charge in [0.1, 0.15) is 11.6 Å². The third-order valence-corrected chi connectivity index (χ3v) is 7.62. The number of alkyl halides is 2. The molecule has 188 valence electrons. The van der Waals surface area contributed by atoms with Crippen LogP contribution in [0, 0.1) is 11.8 Å². The smallest absolute Gasteiger partial charge is 0.387 e. The number of aromatic nitrogens is 2. The van der Waals surface area contributed by atoms with Gasteiger partial charge >= 0.3 is 6.61 Å². The summed E-state index contributed by atoms with van der Waals surface area (Å²) in [5.41, 5.74) is 2.89. The number of rotatable bonds is 8. The number of fused-ring (bicyclic) bond motifs is 1. The zero-order chi connectivity index (χ0) is 24.8. The van der Waals surface area contributed by atoms with Crippen LogP contribution in [0.4, 0.5) is 8.78 Å². The number of aliphatic hydroxyl groups is 1. The summed E-state index contributed by atoms with van der Waals surface area (Å²) >= 11 is 8.50. The highest BCUT2D eigenvalue weighted by molar-refractivity contribution is 8.03. The first-order valence-corrected chi connectivity index (χ1v) is 13.5. The van der Waals surface area contributed by atoms with E-state index in [4.69, 9.17) is 26.4 Å². The van der Waals surface area contributed by atoms with Crippen LogP contribution in [-0.4, -0.2) is 34.0 Å². The zero-order valence-corrected chi connectivity index (χ0v) is 21.3. The molecule has 0 aliphatic heterocycles. The lowest BCUT2D eigenvalue weighted by Gasteiger charge is -2.18. The number of hydrogen-bond donors (Lipinski definition) is 2. The molecule has 2 N–H and O–H groups in total. The number of nitrogens with one attached hydrogen (secondary N) is 1. The van der Waals surface area contributed by atoms with Crippen molar-refractivity contribution in [3.05, 3.63) is 69.6 Å². The molecule has 1 fully saturated rings. The van der Waals surface area contributed by atoms with Gasteiger partial charge in [0.25, 0.3) is 0 Å².